The summed E-state index contributed by atoms with van der Waals surface area (Å²) in [5, 5.41) is 9.27. The zero-order valence-corrected chi connectivity index (χ0v) is 7.32. The molecule has 2 heterocycles. The van der Waals surface area contributed by atoms with Crippen molar-refractivity contribution in [3.8, 4) is 0 Å². The molecular formula is C9H6ClNO2. The van der Waals surface area contributed by atoms with Crippen molar-refractivity contribution in [1.29, 1.82) is 0 Å². The molecule has 3 nitrogen and oxygen atoms in total. The minimum atomic E-state index is -0.945. The highest BCUT2D eigenvalue weighted by Gasteiger charge is 2.07. The number of rotatable bonds is 1. The van der Waals surface area contributed by atoms with E-state index in [0.717, 1.165) is 0 Å². The second kappa shape index (κ2) is 2.78. The molecule has 13 heavy (non-hydrogen) atoms. The number of halogens is 1. The molecule has 0 radical (unpaired) electrons. The third-order valence-corrected chi connectivity index (χ3v) is 2.15. The van der Waals surface area contributed by atoms with E-state index < -0.39 is 5.97 Å². The van der Waals surface area contributed by atoms with E-state index in [1.54, 1.807) is 28.8 Å². The largest absolute Gasteiger partial charge is 0.478 e. The van der Waals surface area contributed by atoms with Crippen LogP contribution < -0.4 is 0 Å². The van der Waals surface area contributed by atoms with E-state index in [9.17, 15) is 4.79 Å². The van der Waals surface area contributed by atoms with Crippen LogP contribution >= 0.6 is 11.6 Å². The van der Waals surface area contributed by atoms with Gasteiger partial charge in [0.15, 0.2) is 0 Å². The van der Waals surface area contributed by atoms with Gasteiger partial charge >= 0.3 is 5.97 Å². The molecule has 0 bridgehead atoms. The SMILES string of the molecule is O=C(O)c1cc2c(Cl)cccn2c1. The molecule has 0 amide bonds. The molecule has 2 aromatic heterocycles. The number of carboxylic acid groups (broad SMARTS) is 1. The van der Waals surface area contributed by atoms with Crippen molar-refractivity contribution in [2.24, 2.45) is 0 Å². The number of nitrogens with zero attached hydrogens (tertiary/aromatic N) is 1. The van der Waals surface area contributed by atoms with Crippen LogP contribution in [0.1, 0.15) is 10.4 Å². The molecule has 0 aromatic carbocycles. The highest BCUT2D eigenvalue weighted by Crippen LogP contribution is 2.19. The molecule has 4 heteroatoms. The highest BCUT2D eigenvalue weighted by molar-refractivity contribution is 6.33. The molecule has 0 aliphatic carbocycles. The fourth-order valence-electron chi connectivity index (χ4n) is 1.22. The molecule has 1 N–H and O–H groups in total. The van der Waals surface area contributed by atoms with E-state index in [0.29, 0.717) is 10.5 Å². The van der Waals surface area contributed by atoms with Crippen molar-refractivity contribution in [1.82, 2.24) is 4.40 Å². The molecule has 0 aliphatic heterocycles. The second-order valence-electron chi connectivity index (χ2n) is 2.68. The maximum absolute atomic E-state index is 10.6. The van der Waals surface area contributed by atoms with Crippen LogP contribution in [0.2, 0.25) is 5.02 Å². The Kier molecular flexibility index (Phi) is 1.74. The lowest BCUT2D eigenvalue weighted by Crippen LogP contribution is -1.91. The standard InChI is InChI=1S/C9H6ClNO2/c10-7-2-1-3-11-5-6(9(12)13)4-8(7)11/h1-5H,(H,12,13). The quantitative estimate of drug-likeness (QED) is 0.759. The fourth-order valence-corrected chi connectivity index (χ4v) is 1.44. The second-order valence-corrected chi connectivity index (χ2v) is 3.09. The van der Waals surface area contributed by atoms with Gasteiger partial charge in [-0.2, -0.15) is 0 Å². The summed E-state index contributed by atoms with van der Waals surface area (Å²) in [6.07, 6.45) is 3.29. The Hall–Kier alpha value is -1.48. The molecule has 0 unspecified atom stereocenters. The van der Waals surface area contributed by atoms with Crippen molar-refractivity contribution in [3.05, 3.63) is 41.2 Å². The van der Waals surface area contributed by atoms with Crippen molar-refractivity contribution < 1.29 is 9.90 Å². The average Bonchev–Trinajstić information content (AvgIpc) is 2.49. The van der Waals surface area contributed by atoms with Gasteiger partial charge < -0.3 is 9.51 Å². The molecule has 0 spiro atoms. The maximum atomic E-state index is 10.6. The summed E-state index contributed by atoms with van der Waals surface area (Å²) < 4.78 is 1.69. The van der Waals surface area contributed by atoms with Gasteiger partial charge in [0.2, 0.25) is 0 Å². The Bertz CT molecular complexity index is 475. The molecular weight excluding hydrogens is 190 g/mol. The van der Waals surface area contributed by atoms with Crippen LogP contribution in [0.15, 0.2) is 30.6 Å². The number of aromatic nitrogens is 1. The minimum Gasteiger partial charge on any atom is -0.478 e. The lowest BCUT2D eigenvalue weighted by atomic mass is 10.3. The van der Waals surface area contributed by atoms with Gasteiger partial charge in [-0.1, -0.05) is 11.6 Å². The number of pyridine rings is 1. The number of hydrogen-bond donors (Lipinski definition) is 1. The average molecular weight is 196 g/mol. The van der Waals surface area contributed by atoms with Crippen LogP contribution in [0.5, 0.6) is 0 Å². The first-order valence-corrected chi connectivity index (χ1v) is 4.06. The molecule has 0 fully saturated rings. The highest BCUT2D eigenvalue weighted by atomic mass is 35.5. The third-order valence-electron chi connectivity index (χ3n) is 1.83. The van der Waals surface area contributed by atoms with Gasteiger partial charge in [-0.25, -0.2) is 4.79 Å². The Morgan fingerprint density at radius 2 is 2.31 bits per heavy atom. The van der Waals surface area contributed by atoms with Gasteiger partial charge in [0.05, 0.1) is 16.1 Å². The topological polar surface area (TPSA) is 41.7 Å². The summed E-state index contributed by atoms with van der Waals surface area (Å²) in [7, 11) is 0. The molecule has 66 valence electrons. The summed E-state index contributed by atoms with van der Waals surface area (Å²) in [4.78, 5) is 10.6. The van der Waals surface area contributed by atoms with E-state index in [1.807, 2.05) is 0 Å². The molecule has 0 atom stereocenters. The third kappa shape index (κ3) is 1.27. The van der Waals surface area contributed by atoms with Gasteiger partial charge in [0.25, 0.3) is 0 Å². The number of hydrogen-bond acceptors (Lipinski definition) is 1. The predicted molar refractivity (Wildman–Crippen MR) is 49.4 cm³/mol. The molecule has 0 aliphatic rings. The molecule has 2 rings (SSSR count). The predicted octanol–water partition coefficient (Wildman–Crippen LogP) is 2.29. The van der Waals surface area contributed by atoms with E-state index in [4.69, 9.17) is 16.7 Å². The Morgan fingerprint density at radius 3 is 2.92 bits per heavy atom. The Labute approximate surface area is 79.2 Å². The van der Waals surface area contributed by atoms with Crippen LogP contribution in [0.3, 0.4) is 0 Å². The fraction of sp³-hybridized carbons (Fsp3) is 0. The zero-order valence-electron chi connectivity index (χ0n) is 6.57. The summed E-state index contributed by atoms with van der Waals surface area (Å²) in [6.45, 7) is 0. The van der Waals surface area contributed by atoms with Crippen LogP contribution in [0, 0.1) is 0 Å². The lowest BCUT2D eigenvalue weighted by Gasteiger charge is -1.93. The Balaban J connectivity index is 2.75. The van der Waals surface area contributed by atoms with E-state index in [1.165, 1.54) is 6.20 Å². The Morgan fingerprint density at radius 1 is 1.54 bits per heavy atom. The van der Waals surface area contributed by atoms with Crippen LogP contribution in [0.4, 0.5) is 0 Å². The minimum absolute atomic E-state index is 0.244. The van der Waals surface area contributed by atoms with Gasteiger partial charge in [0.1, 0.15) is 0 Å². The van der Waals surface area contributed by atoms with Crippen LogP contribution in [-0.2, 0) is 0 Å². The maximum Gasteiger partial charge on any atom is 0.337 e. The van der Waals surface area contributed by atoms with Crippen molar-refractivity contribution >= 4 is 23.1 Å². The van der Waals surface area contributed by atoms with Crippen LogP contribution in [0.25, 0.3) is 5.52 Å². The van der Waals surface area contributed by atoms with E-state index in [-0.39, 0.29) is 5.56 Å². The lowest BCUT2D eigenvalue weighted by molar-refractivity contribution is 0.0697. The van der Waals surface area contributed by atoms with E-state index in [2.05, 4.69) is 0 Å². The zero-order chi connectivity index (χ0) is 9.42. The summed E-state index contributed by atoms with van der Waals surface area (Å²) in [5.41, 5.74) is 0.953. The molecule has 0 saturated heterocycles. The van der Waals surface area contributed by atoms with Gasteiger partial charge in [-0.05, 0) is 18.2 Å². The summed E-state index contributed by atoms with van der Waals surface area (Å²) in [5.74, 6) is -0.945. The number of aromatic carboxylic acids is 1. The number of carbonyl (C=O) groups is 1. The smallest absolute Gasteiger partial charge is 0.337 e. The van der Waals surface area contributed by atoms with Crippen molar-refractivity contribution in [2.75, 3.05) is 0 Å². The first-order chi connectivity index (χ1) is 6.18. The normalized spacial score (nSPS) is 10.5. The molecule has 2 aromatic rings. The van der Waals surface area contributed by atoms with E-state index >= 15 is 0 Å². The first-order valence-electron chi connectivity index (χ1n) is 3.68. The molecule has 0 saturated carbocycles. The van der Waals surface area contributed by atoms with Gasteiger partial charge in [0, 0.05) is 12.4 Å². The van der Waals surface area contributed by atoms with Gasteiger partial charge in [-0.3, -0.25) is 0 Å². The van der Waals surface area contributed by atoms with Crippen LogP contribution in [-0.4, -0.2) is 15.5 Å². The first kappa shape index (κ1) is 8.13. The number of fused-ring (bicyclic) bond motifs is 1. The van der Waals surface area contributed by atoms with Crippen molar-refractivity contribution in [3.63, 3.8) is 0 Å². The van der Waals surface area contributed by atoms with Crippen molar-refractivity contribution in [2.45, 2.75) is 0 Å². The van der Waals surface area contributed by atoms with Gasteiger partial charge in [-0.15, -0.1) is 0 Å². The summed E-state index contributed by atoms with van der Waals surface area (Å²) in [6, 6.07) is 5.04. The number of carboxylic acids is 1. The summed E-state index contributed by atoms with van der Waals surface area (Å²) >= 11 is 5.86. The monoisotopic (exact) mass is 195 g/mol.